The minimum absolute atomic E-state index is 0.200. The molecule has 2 heterocycles. The Labute approximate surface area is 167 Å². The number of aryl methyl sites for hydroxylation is 1. The lowest BCUT2D eigenvalue weighted by Gasteiger charge is -2.37. The molecule has 1 aliphatic carbocycles. The zero-order valence-corrected chi connectivity index (χ0v) is 16.4. The van der Waals surface area contributed by atoms with Crippen molar-refractivity contribution in [1.82, 2.24) is 9.97 Å². The maximum atomic E-state index is 13.6. The number of piperazine rings is 1. The molecule has 1 aliphatic heterocycles. The van der Waals surface area contributed by atoms with Gasteiger partial charge < -0.3 is 9.80 Å². The van der Waals surface area contributed by atoms with Gasteiger partial charge in [-0.1, -0.05) is 24.6 Å². The molecule has 1 fully saturated rings. The number of rotatable bonds is 2. The molecule has 0 saturated carbocycles. The van der Waals surface area contributed by atoms with Crippen LogP contribution in [-0.4, -0.2) is 36.1 Å². The number of hydrogen-bond acceptors (Lipinski definition) is 4. The molecule has 28 heavy (non-hydrogen) atoms. The van der Waals surface area contributed by atoms with Crippen molar-refractivity contribution in [3.8, 4) is 0 Å². The van der Waals surface area contributed by atoms with Gasteiger partial charge in [-0.05, 0) is 43.4 Å². The minimum Gasteiger partial charge on any atom is -0.368 e. The Morgan fingerprint density at radius 2 is 1.79 bits per heavy atom. The second-order valence-corrected chi connectivity index (χ2v) is 8.03. The van der Waals surface area contributed by atoms with E-state index in [4.69, 9.17) is 11.6 Å². The molecule has 1 aromatic heterocycles. The van der Waals surface area contributed by atoms with Gasteiger partial charge in [0.05, 0.1) is 0 Å². The highest BCUT2D eigenvalue weighted by molar-refractivity contribution is 6.30. The normalized spacial score (nSPS) is 20.2. The summed E-state index contributed by atoms with van der Waals surface area (Å²) < 4.78 is 40.9. The van der Waals surface area contributed by atoms with Gasteiger partial charge in [-0.15, -0.1) is 0 Å². The Morgan fingerprint density at radius 3 is 2.46 bits per heavy atom. The Hall–Kier alpha value is -2.02. The molecule has 4 nitrogen and oxygen atoms in total. The van der Waals surface area contributed by atoms with Crippen LogP contribution in [0, 0.1) is 5.92 Å². The molecule has 0 bridgehead atoms. The maximum Gasteiger partial charge on any atom is 0.433 e. The molecule has 0 N–H and O–H groups in total. The summed E-state index contributed by atoms with van der Waals surface area (Å²) in [7, 11) is 0. The fourth-order valence-electron chi connectivity index (χ4n) is 3.99. The van der Waals surface area contributed by atoms with Crippen molar-refractivity contribution in [1.29, 1.82) is 0 Å². The molecular weight excluding hydrogens is 389 g/mol. The van der Waals surface area contributed by atoms with Gasteiger partial charge in [0, 0.05) is 48.1 Å². The first kappa shape index (κ1) is 19.3. The second-order valence-electron chi connectivity index (χ2n) is 7.60. The number of fused-ring (bicyclic) bond motifs is 1. The first-order valence-corrected chi connectivity index (χ1v) is 9.91. The predicted molar refractivity (Wildman–Crippen MR) is 104 cm³/mol. The molecular formula is C20H22ClF3N4. The van der Waals surface area contributed by atoms with Crippen molar-refractivity contribution in [3.05, 3.63) is 46.2 Å². The largest absolute Gasteiger partial charge is 0.433 e. The van der Waals surface area contributed by atoms with Gasteiger partial charge in [0.2, 0.25) is 5.95 Å². The van der Waals surface area contributed by atoms with E-state index in [0.29, 0.717) is 49.7 Å². The van der Waals surface area contributed by atoms with E-state index in [1.54, 1.807) is 0 Å². The van der Waals surface area contributed by atoms with Crippen molar-refractivity contribution >= 4 is 23.2 Å². The van der Waals surface area contributed by atoms with Gasteiger partial charge in [-0.25, -0.2) is 9.97 Å². The van der Waals surface area contributed by atoms with Crippen LogP contribution in [0.3, 0.4) is 0 Å². The lowest BCUT2D eigenvalue weighted by molar-refractivity contribution is -0.142. The lowest BCUT2D eigenvalue weighted by atomic mass is 9.87. The molecule has 4 rings (SSSR count). The zero-order valence-electron chi connectivity index (χ0n) is 15.6. The van der Waals surface area contributed by atoms with Crippen LogP contribution in [-0.2, 0) is 19.0 Å². The number of benzene rings is 1. The summed E-state index contributed by atoms with van der Waals surface area (Å²) in [6, 6.07) is 7.60. The van der Waals surface area contributed by atoms with Crippen LogP contribution in [0.5, 0.6) is 0 Å². The van der Waals surface area contributed by atoms with Crippen LogP contribution in [0.1, 0.15) is 30.3 Å². The van der Waals surface area contributed by atoms with E-state index >= 15 is 0 Å². The molecule has 0 spiro atoms. The van der Waals surface area contributed by atoms with Crippen molar-refractivity contribution < 1.29 is 13.2 Å². The van der Waals surface area contributed by atoms with Gasteiger partial charge in [0.25, 0.3) is 0 Å². The van der Waals surface area contributed by atoms with E-state index < -0.39 is 11.9 Å². The Kier molecular flexibility index (Phi) is 5.12. The first-order chi connectivity index (χ1) is 13.3. The first-order valence-electron chi connectivity index (χ1n) is 9.53. The monoisotopic (exact) mass is 410 g/mol. The summed E-state index contributed by atoms with van der Waals surface area (Å²) in [5.74, 6) is 0.427. The van der Waals surface area contributed by atoms with E-state index in [9.17, 15) is 13.2 Å². The van der Waals surface area contributed by atoms with Crippen LogP contribution in [0.4, 0.5) is 24.8 Å². The fourth-order valence-corrected chi connectivity index (χ4v) is 4.17. The Morgan fingerprint density at radius 1 is 1.07 bits per heavy atom. The third-order valence-electron chi connectivity index (χ3n) is 5.51. The van der Waals surface area contributed by atoms with Gasteiger partial charge in [0.1, 0.15) is 0 Å². The molecule has 1 aromatic carbocycles. The van der Waals surface area contributed by atoms with Gasteiger partial charge in [-0.3, -0.25) is 0 Å². The smallest absolute Gasteiger partial charge is 0.368 e. The quantitative estimate of drug-likeness (QED) is 0.724. The third-order valence-corrected chi connectivity index (χ3v) is 5.75. The van der Waals surface area contributed by atoms with Crippen molar-refractivity contribution in [2.24, 2.45) is 5.92 Å². The summed E-state index contributed by atoms with van der Waals surface area (Å²) >= 11 is 6.06. The molecule has 2 aliphatic rings. The molecule has 0 amide bonds. The van der Waals surface area contributed by atoms with E-state index in [1.807, 2.05) is 36.1 Å². The summed E-state index contributed by atoms with van der Waals surface area (Å²) in [5, 5.41) is 0.669. The Balaban J connectivity index is 1.57. The molecule has 1 unspecified atom stereocenters. The van der Waals surface area contributed by atoms with Crippen LogP contribution in [0.2, 0.25) is 5.02 Å². The average Bonchev–Trinajstić information content (AvgIpc) is 2.66. The highest BCUT2D eigenvalue weighted by Gasteiger charge is 2.39. The standard InChI is InChI=1S/C20H22ClF3N4/c1-13-5-6-17-16(11-13)18(20(22,23)24)26-19(25-17)28-9-7-27(8-10-28)15-4-2-3-14(21)12-15/h2-4,12-13H,5-11H2,1H3. The molecule has 1 saturated heterocycles. The maximum absolute atomic E-state index is 13.6. The summed E-state index contributed by atoms with van der Waals surface area (Å²) in [4.78, 5) is 12.5. The highest BCUT2D eigenvalue weighted by Crippen LogP contribution is 2.37. The van der Waals surface area contributed by atoms with Crippen LogP contribution < -0.4 is 9.80 Å². The Bertz CT molecular complexity index is 863. The SMILES string of the molecule is CC1CCc2nc(N3CCN(c4cccc(Cl)c4)CC3)nc(C(F)(F)F)c2C1. The van der Waals surface area contributed by atoms with E-state index in [2.05, 4.69) is 14.9 Å². The molecule has 8 heteroatoms. The summed E-state index contributed by atoms with van der Waals surface area (Å²) in [5.41, 5.74) is 1.11. The predicted octanol–water partition coefficient (Wildman–Crippen LogP) is 4.60. The fraction of sp³-hybridized carbons (Fsp3) is 0.500. The van der Waals surface area contributed by atoms with E-state index in [0.717, 1.165) is 12.1 Å². The van der Waals surface area contributed by atoms with Crippen LogP contribution >= 0.6 is 11.6 Å². The van der Waals surface area contributed by atoms with Crippen molar-refractivity contribution in [2.75, 3.05) is 36.0 Å². The minimum atomic E-state index is -4.46. The number of hydrogen-bond donors (Lipinski definition) is 0. The topological polar surface area (TPSA) is 32.3 Å². The lowest BCUT2D eigenvalue weighted by Crippen LogP contribution is -2.47. The molecule has 2 aromatic rings. The third kappa shape index (κ3) is 3.90. The summed E-state index contributed by atoms with van der Waals surface area (Å²) in [6.45, 7) is 4.47. The van der Waals surface area contributed by atoms with Crippen molar-refractivity contribution in [3.63, 3.8) is 0 Å². The zero-order chi connectivity index (χ0) is 19.9. The number of aromatic nitrogens is 2. The number of anilines is 2. The number of halogens is 4. The van der Waals surface area contributed by atoms with Gasteiger partial charge in [0.15, 0.2) is 5.69 Å². The van der Waals surface area contributed by atoms with E-state index in [-0.39, 0.29) is 17.4 Å². The molecule has 0 radical (unpaired) electrons. The van der Waals surface area contributed by atoms with Gasteiger partial charge in [-0.2, -0.15) is 13.2 Å². The second kappa shape index (κ2) is 7.43. The molecule has 150 valence electrons. The average molecular weight is 411 g/mol. The van der Waals surface area contributed by atoms with E-state index in [1.165, 1.54) is 0 Å². The molecule has 1 atom stereocenters. The van der Waals surface area contributed by atoms with Crippen LogP contribution in [0.25, 0.3) is 0 Å². The number of alkyl halides is 3. The van der Waals surface area contributed by atoms with Crippen molar-refractivity contribution in [2.45, 2.75) is 32.4 Å². The van der Waals surface area contributed by atoms with Gasteiger partial charge >= 0.3 is 6.18 Å². The summed E-state index contributed by atoms with van der Waals surface area (Å²) in [6.07, 6.45) is -2.62. The number of nitrogens with zero attached hydrogens (tertiary/aromatic N) is 4. The highest BCUT2D eigenvalue weighted by atomic mass is 35.5. The van der Waals surface area contributed by atoms with Crippen LogP contribution in [0.15, 0.2) is 24.3 Å².